The minimum absolute atomic E-state index is 0.121. The Morgan fingerprint density at radius 2 is 1.97 bits per heavy atom. The lowest BCUT2D eigenvalue weighted by Gasteiger charge is -2.31. The number of carbonyl (C=O) groups is 1. The number of rotatable bonds is 4. The fraction of sp³-hybridized carbons (Fsp3) is 0.286. The molecule has 1 saturated heterocycles. The number of amides is 1. The summed E-state index contributed by atoms with van der Waals surface area (Å²) >= 11 is 1.47. The molecule has 0 saturated carbocycles. The molecule has 1 aliphatic heterocycles. The van der Waals surface area contributed by atoms with E-state index in [-0.39, 0.29) is 23.1 Å². The average molecular weight is 420 g/mol. The van der Waals surface area contributed by atoms with Crippen LogP contribution in [0.15, 0.2) is 60.2 Å². The summed E-state index contributed by atoms with van der Waals surface area (Å²) in [6, 6.07) is 10.3. The molecular formula is C21H20N6O2S. The van der Waals surface area contributed by atoms with E-state index >= 15 is 0 Å². The van der Waals surface area contributed by atoms with Gasteiger partial charge in [-0.15, -0.1) is 11.3 Å². The monoisotopic (exact) mass is 420 g/mol. The molecule has 8 nitrogen and oxygen atoms in total. The zero-order chi connectivity index (χ0) is 20.5. The molecule has 4 heterocycles. The van der Waals surface area contributed by atoms with Crippen molar-refractivity contribution in [2.24, 2.45) is 0 Å². The van der Waals surface area contributed by atoms with E-state index in [2.05, 4.69) is 27.2 Å². The summed E-state index contributed by atoms with van der Waals surface area (Å²) in [4.78, 5) is 37.7. The van der Waals surface area contributed by atoms with Gasteiger partial charge in [-0.1, -0.05) is 30.3 Å². The van der Waals surface area contributed by atoms with Crippen LogP contribution in [0.5, 0.6) is 0 Å². The maximum atomic E-state index is 13.0. The lowest BCUT2D eigenvalue weighted by atomic mass is 10.0. The van der Waals surface area contributed by atoms with Crippen LogP contribution in [0.25, 0.3) is 4.96 Å². The Labute approximate surface area is 176 Å². The van der Waals surface area contributed by atoms with E-state index in [1.165, 1.54) is 33.8 Å². The van der Waals surface area contributed by atoms with Crippen molar-refractivity contribution in [3.63, 3.8) is 0 Å². The normalized spacial score (nSPS) is 15.0. The number of thiazole rings is 1. The Kier molecular flexibility index (Phi) is 4.88. The topological polar surface area (TPSA) is 85.4 Å². The lowest BCUT2D eigenvalue weighted by Crippen LogP contribution is -2.41. The number of piperidine rings is 1. The summed E-state index contributed by atoms with van der Waals surface area (Å²) in [5, 5.41) is 4.19. The molecular weight excluding hydrogens is 400 g/mol. The largest absolute Gasteiger partial charge is 0.338 e. The smallest absolute Gasteiger partial charge is 0.271 e. The quantitative estimate of drug-likeness (QED) is 0.506. The number of carbonyl (C=O) groups excluding carboxylic acids is 1. The Bertz CT molecular complexity index is 1220. The van der Waals surface area contributed by atoms with E-state index in [9.17, 15) is 9.59 Å². The summed E-state index contributed by atoms with van der Waals surface area (Å²) < 4.78 is 3.34. The standard InChI is InChI=1S/C21H20N6O2S/c28-19(25-8-6-16(7-9-25)27-14-22-13-24-27)18-11-23-21-26(20(18)29)12-17(30-21)10-15-4-2-1-3-5-15/h1-5,11-14,16H,6-10H2. The van der Waals surface area contributed by atoms with Crippen LogP contribution in [-0.2, 0) is 6.42 Å². The molecule has 30 heavy (non-hydrogen) atoms. The first-order valence-electron chi connectivity index (χ1n) is 9.86. The van der Waals surface area contributed by atoms with Crippen molar-refractivity contribution in [2.75, 3.05) is 13.1 Å². The van der Waals surface area contributed by atoms with E-state index in [0.29, 0.717) is 18.1 Å². The SMILES string of the molecule is O=C(c1cnc2sc(Cc3ccccc3)cn2c1=O)N1CCC(n2cncn2)CC1. The third kappa shape index (κ3) is 3.52. The Morgan fingerprint density at radius 1 is 1.17 bits per heavy atom. The van der Waals surface area contributed by atoms with E-state index in [1.54, 1.807) is 17.4 Å². The minimum atomic E-state index is -0.307. The summed E-state index contributed by atoms with van der Waals surface area (Å²) in [6.07, 6.45) is 8.75. The fourth-order valence-electron chi connectivity index (χ4n) is 3.87. The fourth-order valence-corrected chi connectivity index (χ4v) is 4.84. The van der Waals surface area contributed by atoms with Crippen molar-refractivity contribution in [3.05, 3.63) is 81.7 Å². The molecule has 1 amide bonds. The van der Waals surface area contributed by atoms with Crippen LogP contribution >= 0.6 is 11.3 Å². The molecule has 0 spiro atoms. The van der Waals surface area contributed by atoms with Gasteiger partial charge in [0, 0.05) is 36.8 Å². The number of benzene rings is 1. The minimum Gasteiger partial charge on any atom is -0.338 e. The van der Waals surface area contributed by atoms with Crippen molar-refractivity contribution in [2.45, 2.75) is 25.3 Å². The highest BCUT2D eigenvalue weighted by Gasteiger charge is 2.27. The second-order valence-corrected chi connectivity index (χ2v) is 8.48. The summed E-state index contributed by atoms with van der Waals surface area (Å²) in [5.41, 5.74) is 0.985. The summed E-state index contributed by atoms with van der Waals surface area (Å²) in [7, 11) is 0. The molecule has 1 fully saturated rings. The number of nitrogens with zero attached hydrogens (tertiary/aromatic N) is 6. The zero-order valence-corrected chi connectivity index (χ0v) is 17.0. The van der Waals surface area contributed by atoms with Gasteiger partial charge in [0.2, 0.25) is 0 Å². The van der Waals surface area contributed by atoms with Crippen molar-refractivity contribution in [1.29, 1.82) is 0 Å². The van der Waals surface area contributed by atoms with Crippen molar-refractivity contribution in [3.8, 4) is 0 Å². The number of fused-ring (bicyclic) bond motifs is 1. The van der Waals surface area contributed by atoms with E-state index in [1.807, 2.05) is 22.9 Å². The first-order chi connectivity index (χ1) is 14.7. The van der Waals surface area contributed by atoms with Crippen LogP contribution in [0.2, 0.25) is 0 Å². The van der Waals surface area contributed by atoms with Crippen molar-refractivity contribution >= 4 is 22.2 Å². The molecule has 0 bridgehead atoms. The number of hydrogen-bond donors (Lipinski definition) is 0. The van der Waals surface area contributed by atoms with Gasteiger partial charge in [0.05, 0.1) is 6.04 Å². The number of hydrogen-bond acceptors (Lipinski definition) is 6. The van der Waals surface area contributed by atoms with Crippen LogP contribution in [0.1, 0.15) is 39.7 Å². The predicted molar refractivity (Wildman–Crippen MR) is 113 cm³/mol. The Balaban J connectivity index is 1.35. The van der Waals surface area contributed by atoms with Gasteiger partial charge in [0.15, 0.2) is 4.96 Å². The van der Waals surface area contributed by atoms with Crippen LogP contribution < -0.4 is 5.56 Å². The molecule has 4 aromatic rings. The van der Waals surface area contributed by atoms with Gasteiger partial charge in [-0.2, -0.15) is 5.10 Å². The number of likely N-dealkylation sites (tertiary alicyclic amines) is 1. The third-order valence-corrected chi connectivity index (χ3v) is 6.47. The lowest BCUT2D eigenvalue weighted by molar-refractivity contribution is 0.0687. The molecule has 5 rings (SSSR count). The molecule has 3 aromatic heterocycles. The van der Waals surface area contributed by atoms with Gasteiger partial charge >= 0.3 is 0 Å². The average Bonchev–Trinajstić information content (AvgIpc) is 3.45. The molecule has 0 unspecified atom stereocenters. The second-order valence-electron chi connectivity index (χ2n) is 7.39. The second kappa shape index (κ2) is 7.83. The third-order valence-electron chi connectivity index (χ3n) is 5.47. The summed E-state index contributed by atoms with van der Waals surface area (Å²) in [6.45, 7) is 1.16. The van der Waals surface area contributed by atoms with E-state index in [0.717, 1.165) is 24.1 Å². The van der Waals surface area contributed by atoms with Gasteiger partial charge in [-0.3, -0.25) is 14.0 Å². The van der Waals surface area contributed by atoms with Gasteiger partial charge in [-0.05, 0) is 18.4 Å². The molecule has 0 radical (unpaired) electrons. The predicted octanol–water partition coefficient (Wildman–Crippen LogP) is 2.42. The van der Waals surface area contributed by atoms with Crippen LogP contribution in [0, 0.1) is 0 Å². The van der Waals surface area contributed by atoms with Crippen LogP contribution in [0.4, 0.5) is 0 Å². The Hall–Kier alpha value is -3.33. The van der Waals surface area contributed by atoms with Gasteiger partial charge in [0.1, 0.15) is 18.2 Å². The highest BCUT2D eigenvalue weighted by molar-refractivity contribution is 7.17. The van der Waals surface area contributed by atoms with Gasteiger partial charge in [0.25, 0.3) is 11.5 Å². The van der Waals surface area contributed by atoms with Crippen molar-refractivity contribution in [1.82, 2.24) is 29.0 Å². The van der Waals surface area contributed by atoms with Gasteiger partial charge in [-0.25, -0.2) is 14.6 Å². The Morgan fingerprint density at radius 3 is 2.70 bits per heavy atom. The molecule has 0 aliphatic carbocycles. The van der Waals surface area contributed by atoms with E-state index in [4.69, 9.17) is 0 Å². The maximum Gasteiger partial charge on any atom is 0.271 e. The number of aromatic nitrogens is 5. The molecule has 152 valence electrons. The first kappa shape index (κ1) is 18.7. The highest BCUT2D eigenvalue weighted by Crippen LogP contribution is 2.23. The molecule has 1 aromatic carbocycles. The van der Waals surface area contributed by atoms with Crippen LogP contribution in [0.3, 0.4) is 0 Å². The molecule has 0 atom stereocenters. The molecule has 0 N–H and O–H groups in total. The maximum absolute atomic E-state index is 13.0. The van der Waals surface area contributed by atoms with Crippen molar-refractivity contribution < 1.29 is 4.79 Å². The van der Waals surface area contributed by atoms with Crippen LogP contribution in [-0.4, -0.2) is 48.0 Å². The van der Waals surface area contributed by atoms with E-state index < -0.39 is 0 Å². The first-order valence-corrected chi connectivity index (χ1v) is 10.7. The zero-order valence-electron chi connectivity index (χ0n) is 16.2. The van der Waals surface area contributed by atoms with Gasteiger partial charge < -0.3 is 4.90 Å². The molecule has 1 aliphatic rings. The highest BCUT2D eigenvalue weighted by atomic mass is 32.1. The summed E-state index contributed by atoms with van der Waals surface area (Å²) in [5.74, 6) is -0.255. The molecule has 9 heteroatoms.